The number of nitrogens with zero attached hydrogens (tertiary/aromatic N) is 1. The minimum Gasteiger partial charge on any atom is -0.385 e. The topological polar surface area (TPSA) is 74.8 Å². The van der Waals surface area contributed by atoms with Crippen LogP contribution in [0.5, 0.6) is 0 Å². The molecule has 150 valence electrons. The number of hydrogen-bond acceptors (Lipinski definition) is 3. The first-order chi connectivity index (χ1) is 13.1. The van der Waals surface area contributed by atoms with Crippen LogP contribution in [0.25, 0.3) is 0 Å². The van der Waals surface area contributed by atoms with Gasteiger partial charge in [0.15, 0.2) is 5.96 Å². The average molecular weight is 395 g/mol. The molecule has 0 radical (unpaired) electrons. The van der Waals surface area contributed by atoms with Crippen LogP contribution in [-0.2, 0) is 4.74 Å². The Morgan fingerprint density at radius 2 is 1.81 bits per heavy atom. The van der Waals surface area contributed by atoms with Gasteiger partial charge in [-0.25, -0.2) is 0 Å². The van der Waals surface area contributed by atoms with Crippen LogP contribution in [0.2, 0.25) is 5.02 Å². The number of carbonyl (C=O) groups excluding carboxylic acids is 1. The molecule has 0 unspecified atom stereocenters. The van der Waals surface area contributed by atoms with E-state index < -0.39 is 0 Å². The molecule has 0 spiro atoms. The molecule has 2 rings (SSSR count). The summed E-state index contributed by atoms with van der Waals surface area (Å²) in [5.41, 5.74) is 0.902. The fourth-order valence-corrected chi connectivity index (χ4v) is 3.64. The number of nitrogens with one attached hydrogen (secondary N) is 3. The predicted octanol–water partition coefficient (Wildman–Crippen LogP) is 2.83. The van der Waals surface area contributed by atoms with E-state index >= 15 is 0 Å². The molecule has 0 bridgehead atoms. The number of amides is 1. The van der Waals surface area contributed by atoms with Crippen LogP contribution >= 0.6 is 11.6 Å². The maximum atomic E-state index is 12.1. The van der Waals surface area contributed by atoms with Gasteiger partial charge in [-0.05, 0) is 48.9 Å². The Morgan fingerprint density at radius 1 is 1.15 bits per heavy atom. The summed E-state index contributed by atoms with van der Waals surface area (Å²) in [6.07, 6.45) is 6.11. The number of halogens is 1. The summed E-state index contributed by atoms with van der Waals surface area (Å²) < 4.78 is 5.29. The molecule has 1 amide bonds. The third-order valence-corrected chi connectivity index (χ3v) is 5.42. The van der Waals surface area contributed by atoms with E-state index in [-0.39, 0.29) is 5.91 Å². The van der Waals surface area contributed by atoms with Crippen LogP contribution in [0.3, 0.4) is 0 Å². The van der Waals surface area contributed by atoms with Crippen LogP contribution in [0.1, 0.15) is 42.5 Å². The summed E-state index contributed by atoms with van der Waals surface area (Å²) in [7, 11) is 3.52. The number of rotatable bonds is 9. The van der Waals surface area contributed by atoms with E-state index in [9.17, 15) is 4.79 Å². The van der Waals surface area contributed by atoms with Crippen LogP contribution in [-0.4, -0.2) is 52.3 Å². The second kappa shape index (κ2) is 11.1. The Kier molecular flexibility index (Phi) is 8.88. The Labute approximate surface area is 167 Å². The van der Waals surface area contributed by atoms with E-state index in [1.807, 2.05) is 0 Å². The standard InChI is InChI=1S/C20H31ClN4O2/c1-22-19(25-15-20(11-14-27-2)9-3-4-10-20)24-13-12-23-18(26)16-5-7-17(21)8-6-16/h5-8H,3-4,9-15H2,1-2H3,(H,23,26)(H2,22,24,25). The number of methoxy groups -OCH3 is 1. The third kappa shape index (κ3) is 7.03. The fourth-order valence-electron chi connectivity index (χ4n) is 3.51. The highest BCUT2D eigenvalue weighted by Gasteiger charge is 2.33. The van der Waals surface area contributed by atoms with E-state index in [1.54, 1.807) is 38.4 Å². The summed E-state index contributed by atoms with van der Waals surface area (Å²) in [5, 5.41) is 10.2. The summed E-state index contributed by atoms with van der Waals surface area (Å²) in [5.74, 6) is 0.653. The van der Waals surface area contributed by atoms with Crippen LogP contribution < -0.4 is 16.0 Å². The van der Waals surface area contributed by atoms with E-state index in [0.717, 1.165) is 25.5 Å². The molecule has 0 aromatic heterocycles. The van der Waals surface area contributed by atoms with Gasteiger partial charge in [-0.3, -0.25) is 9.79 Å². The smallest absolute Gasteiger partial charge is 0.251 e. The zero-order valence-corrected chi connectivity index (χ0v) is 17.1. The summed E-state index contributed by atoms with van der Waals surface area (Å²) >= 11 is 5.84. The van der Waals surface area contributed by atoms with Crippen LogP contribution in [0.15, 0.2) is 29.3 Å². The van der Waals surface area contributed by atoms with E-state index in [1.165, 1.54) is 25.7 Å². The minimum atomic E-state index is -0.110. The zero-order chi connectivity index (χ0) is 19.5. The van der Waals surface area contributed by atoms with Gasteiger partial charge < -0.3 is 20.7 Å². The van der Waals surface area contributed by atoms with Crippen molar-refractivity contribution in [1.82, 2.24) is 16.0 Å². The van der Waals surface area contributed by atoms with Crippen molar-refractivity contribution in [3.63, 3.8) is 0 Å². The van der Waals surface area contributed by atoms with Crippen LogP contribution in [0.4, 0.5) is 0 Å². The number of guanidine groups is 1. The Bertz CT molecular complexity index is 613. The van der Waals surface area contributed by atoms with Gasteiger partial charge in [-0.15, -0.1) is 0 Å². The molecule has 0 aliphatic heterocycles. The molecule has 0 saturated heterocycles. The Hall–Kier alpha value is -1.79. The monoisotopic (exact) mass is 394 g/mol. The average Bonchev–Trinajstić information content (AvgIpc) is 3.15. The van der Waals surface area contributed by atoms with E-state index in [4.69, 9.17) is 16.3 Å². The van der Waals surface area contributed by atoms with Crippen molar-refractivity contribution in [3.05, 3.63) is 34.9 Å². The van der Waals surface area contributed by atoms with Gasteiger partial charge in [0.05, 0.1) is 0 Å². The SMILES string of the molecule is CN=C(NCCNC(=O)c1ccc(Cl)cc1)NCC1(CCOC)CCCC1. The quantitative estimate of drug-likeness (QED) is 0.342. The lowest BCUT2D eigenvalue weighted by Crippen LogP contribution is -2.45. The van der Waals surface area contributed by atoms with Crippen molar-refractivity contribution < 1.29 is 9.53 Å². The number of hydrogen-bond donors (Lipinski definition) is 3. The maximum absolute atomic E-state index is 12.1. The number of carbonyl (C=O) groups is 1. The lowest BCUT2D eigenvalue weighted by molar-refractivity contribution is 0.0954. The fraction of sp³-hybridized carbons (Fsp3) is 0.600. The molecule has 1 fully saturated rings. The Morgan fingerprint density at radius 3 is 2.44 bits per heavy atom. The van der Waals surface area contributed by atoms with Gasteiger partial charge in [-0.2, -0.15) is 0 Å². The third-order valence-electron chi connectivity index (χ3n) is 5.16. The normalized spacial score (nSPS) is 16.2. The van der Waals surface area contributed by atoms with Crippen molar-refractivity contribution in [2.75, 3.05) is 40.4 Å². The van der Waals surface area contributed by atoms with Gasteiger partial charge in [-0.1, -0.05) is 24.4 Å². The van der Waals surface area contributed by atoms with Gasteiger partial charge in [0.25, 0.3) is 5.91 Å². The van der Waals surface area contributed by atoms with Gasteiger partial charge in [0.2, 0.25) is 0 Å². The maximum Gasteiger partial charge on any atom is 0.251 e. The van der Waals surface area contributed by atoms with Crippen molar-refractivity contribution >= 4 is 23.5 Å². The van der Waals surface area contributed by atoms with Gasteiger partial charge >= 0.3 is 0 Å². The second-order valence-electron chi connectivity index (χ2n) is 7.07. The minimum absolute atomic E-state index is 0.110. The molecular weight excluding hydrogens is 364 g/mol. The predicted molar refractivity (Wildman–Crippen MR) is 111 cm³/mol. The number of benzene rings is 1. The molecule has 1 aliphatic rings. The molecule has 7 heteroatoms. The first-order valence-corrected chi connectivity index (χ1v) is 9.94. The molecule has 1 aromatic carbocycles. The number of ether oxygens (including phenoxy) is 1. The largest absolute Gasteiger partial charge is 0.385 e. The lowest BCUT2D eigenvalue weighted by Gasteiger charge is -2.30. The van der Waals surface area contributed by atoms with Crippen molar-refractivity contribution in [2.45, 2.75) is 32.1 Å². The molecule has 1 aliphatic carbocycles. The van der Waals surface area contributed by atoms with E-state index in [2.05, 4.69) is 20.9 Å². The molecule has 0 atom stereocenters. The van der Waals surface area contributed by atoms with Crippen molar-refractivity contribution in [1.29, 1.82) is 0 Å². The summed E-state index contributed by atoms with van der Waals surface area (Å²) in [4.78, 5) is 16.4. The molecule has 6 nitrogen and oxygen atoms in total. The lowest BCUT2D eigenvalue weighted by atomic mass is 9.83. The Balaban J connectivity index is 1.70. The highest BCUT2D eigenvalue weighted by atomic mass is 35.5. The van der Waals surface area contributed by atoms with E-state index in [0.29, 0.717) is 29.1 Å². The summed E-state index contributed by atoms with van der Waals surface area (Å²) in [6.45, 7) is 2.80. The van der Waals surface area contributed by atoms with Crippen molar-refractivity contribution in [3.8, 4) is 0 Å². The first kappa shape index (κ1) is 21.5. The van der Waals surface area contributed by atoms with Crippen LogP contribution in [0, 0.1) is 5.41 Å². The zero-order valence-electron chi connectivity index (χ0n) is 16.3. The first-order valence-electron chi connectivity index (χ1n) is 9.56. The van der Waals surface area contributed by atoms with Crippen molar-refractivity contribution in [2.24, 2.45) is 10.4 Å². The van der Waals surface area contributed by atoms with Gasteiger partial charge in [0, 0.05) is 51.0 Å². The molecule has 1 aromatic rings. The van der Waals surface area contributed by atoms with Gasteiger partial charge in [0.1, 0.15) is 0 Å². The summed E-state index contributed by atoms with van der Waals surface area (Å²) in [6, 6.07) is 6.85. The molecule has 27 heavy (non-hydrogen) atoms. The molecule has 3 N–H and O–H groups in total. The molecular formula is C20H31ClN4O2. The molecule has 0 heterocycles. The second-order valence-corrected chi connectivity index (χ2v) is 7.50. The number of aliphatic imine (C=N–C) groups is 1. The highest BCUT2D eigenvalue weighted by Crippen LogP contribution is 2.40. The molecule has 1 saturated carbocycles. The highest BCUT2D eigenvalue weighted by molar-refractivity contribution is 6.30.